The van der Waals surface area contributed by atoms with Crippen LogP contribution in [0.3, 0.4) is 0 Å². The average Bonchev–Trinajstić information content (AvgIpc) is 3.11. The molecule has 1 amide bonds. The van der Waals surface area contributed by atoms with Gasteiger partial charge >= 0.3 is 0 Å². The number of hydrogen-bond donors (Lipinski definition) is 3. The molecule has 31 heavy (non-hydrogen) atoms. The fourth-order valence-corrected chi connectivity index (χ4v) is 2.43. The van der Waals surface area contributed by atoms with Crippen molar-refractivity contribution in [3.05, 3.63) is 60.1 Å². The van der Waals surface area contributed by atoms with Crippen LogP contribution in [0.2, 0.25) is 0 Å². The second-order valence-corrected chi connectivity index (χ2v) is 6.67. The fourth-order valence-electron chi connectivity index (χ4n) is 2.43. The number of amides is 1. The van der Waals surface area contributed by atoms with Crippen LogP contribution < -0.4 is 20.5 Å². The molecule has 1 aromatic carbocycles. The van der Waals surface area contributed by atoms with Crippen molar-refractivity contribution in [2.75, 3.05) is 5.32 Å². The molecule has 0 saturated carbocycles. The molecule has 0 atom stereocenters. The van der Waals surface area contributed by atoms with E-state index in [1.165, 1.54) is 6.21 Å². The van der Waals surface area contributed by atoms with Crippen LogP contribution >= 0.6 is 0 Å². The van der Waals surface area contributed by atoms with E-state index >= 15 is 0 Å². The first-order chi connectivity index (χ1) is 14.7. The summed E-state index contributed by atoms with van der Waals surface area (Å²) in [5.41, 5.74) is 6.09. The molecule has 0 unspecified atom stereocenters. The first-order valence-corrected chi connectivity index (χ1v) is 9.39. The van der Waals surface area contributed by atoms with Crippen molar-refractivity contribution in [1.29, 1.82) is 0 Å². The van der Waals surface area contributed by atoms with Gasteiger partial charge in [0.1, 0.15) is 23.0 Å². The number of benzene rings is 1. The molecule has 0 aliphatic rings. The van der Waals surface area contributed by atoms with Crippen molar-refractivity contribution in [2.45, 2.75) is 26.9 Å². The van der Waals surface area contributed by atoms with Crippen LogP contribution in [0.4, 0.5) is 5.82 Å². The summed E-state index contributed by atoms with van der Waals surface area (Å²) < 4.78 is 13.0. The molecule has 1 aromatic heterocycles. The second-order valence-electron chi connectivity index (χ2n) is 6.67. The van der Waals surface area contributed by atoms with Crippen LogP contribution in [0.5, 0.6) is 11.5 Å². The Balaban J connectivity index is 2.24. The maximum Gasteiger partial charge on any atom is 0.257 e. The van der Waals surface area contributed by atoms with Gasteiger partial charge in [0.15, 0.2) is 11.7 Å². The number of nitrogens with two attached hydrogens (primary N) is 1. The minimum atomic E-state index is -0.375. The Bertz CT molecular complexity index is 1040. The molecular weight excluding hydrogens is 400 g/mol. The van der Waals surface area contributed by atoms with Gasteiger partial charge in [-0.2, -0.15) is 5.10 Å². The molecule has 0 saturated heterocycles. The van der Waals surface area contributed by atoms with Crippen molar-refractivity contribution in [1.82, 2.24) is 9.78 Å². The number of hydrogen-bond acceptors (Lipinski definition) is 7. The Morgan fingerprint density at radius 2 is 2.06 bits per heavy atom. The van der Waals surface area contributed by atoms with Gasteiger partial charge in [0.2, 0.25) is 0 Å². The van der Waals surface area contributed by atoms with E-state index in [4.69, 9.17) is 20.4 Å². The molecule has 2 rings (SSSR count). The van der Waals surface area contributed by atoms with Crippen LogP contribution in [0.25, 0.3) is 0 Å². The number of ether oxygens (including phenoxy) is 2. The summed E-state index contributed by atoms with van der Waals surface area (Å²) in [6.07, 6.45) is 4.50. The number of aliphatic imine (C=N–C) groups is 1. The molecule has 0 bridgehead atoms. The van der Waals surface area contributed by atoms with Gasteiger partial charge in [-0.15, -0.1) is 0 Å². The Morgan fingerprint density at radius 1 is 1.35 bits per heavy atom. The van der Waals surface area contributed by atoms with Gasteiger partial charge < -0.3 is 25.7 Å². The van der Waals surface area contributed by atoms with Gasteiger partial charge in [0.05, 0.1) is 12.3 Å². The van der Waals surface area contributed by atoms with E-state index in [0.29, 0.717) is 22.9 Å². The van der Waals surface area contributed by atoms with Crippen LogP contribution in [0, 0.1) is 0 Å². The van der Waals surface area contributed by atoms with Gasteiger partial charge in [0, 0.05) is 30.9 Å². The SMILES string of the molecule is C=C(\C=N/C(=C\C)C(/N)=N/O)Oc1cc(OC(C)C)cc(C(=O)Nc2ccn(C)n2)c1. The maximum atomic E-state index is 12.7. The van der Waals surface area contributed by atoms with Crippen LogP contribution in [0.15, 0.2) is 64.7 Å². The number of carbonyl (C=O) groups excluding carboxylic acids is 1. The fraction of sp³-hybridized carbons (Fsp3) is 0.238. The number of nitrogens with one attached hydrogen (secondary N) is 1. The molecular formula is C21H26N6O4. The summed E-state index contributed by atoms with van der Waals surface area (Å²) in [6.45, 7) is 9.22. The summed E-state index contributed by atoms with van der Waals surface area (Å²) in [5.74, 6) is 0.847. The van der Waals surface area contributed by atoms with Crippen molar-refractivity contribution in [3.8, 4) is 11.5 Å². The zero-order chi connectivity index (χ0) is 23.0. The molecule has 0 radical (unpaired) electrons. The summed E-state index contributed by atoms with van der Waals surface area (Å²) in [4.78, 5) is 16.8. The molecule has 10 nitrogen and oxygen atoms in total. The lowest BCUT2D eigenvalue weighted by atomic mass is 10.2. The summed E-state index contributed by atoms with van der Waals surface area (Å²) >= 11 is 0. The Hall–Kier alpha value is -4.08. The van der Waals surface area contributed by atoms with Gasteiger partial charge in [0.25, 0.3) is 5.91 Å². The Labute approximate surface area is 180 Å². The zero-order valence-corrected chi connectivity index (χ0v) is 17.9. The highest BCUT2D eigenvalue weighted by atomic mass is 16.5. The highest BCUT2D eigenvalue weighted by molar-refractivity contribution is 6.04. The monoisotopic (exact) mass is 426 g/mol. The molecule has 164 valence electrons. The van der Waals surface area contributed by atoms with E-state index in [9.17, 15) is 4.79 Å². The van der Waals surface area contributed by atoms with E-state index in [0.717, 1.165) is 0 Å². The molecule has 0 aliphatic heterocycles. The number of carbonyl (C=O) groups is 1. The van der Waals surface area contributed by atoms with Crippen LogP contribution in [-0.2, 0) is 7.05 Å². The average molecular weight is 426 g/mol. The van der Waals surface area contributed by atoms with Crippen molar-refractivity contribution in [3.63, 3.8) is 0 Å². The van der Waals surface area contributed by atoms with Gasteiger partial charge in [-0.3, -0.25) is 9.48 Å². The highest BCUT2D eigenvalue weighted by Gasteiger charge is 2.13. The third-order valence-corrected chi connectivity index (χ3v) is 3.71. The normalized spacial score (nSPS) is 12.3. The third kappa shape index (κ3) is 7.03. The first kappa shape index (κ1) is 23.2. The number of rotatable bonds is 9. The van der Waals surface area contributed by atoms with Gasteiger partial charge in [-0.25, -0.2) is 4.99 Å². The number of nitrogens with zero attached hydrogens (tertiary/aromatic N) is 4. The second kappa shape index (κ2) is 10.6. The minimum Gasteiger partial charge on any atom is -0.491 e. The van der Waals surface area contributed by atoms with Crippen molar-refractivity contribution in [2.24, 2.45) is 22.9 Å². The molecule has 2 aromatic rings. The summed E-state index contributed by atoms with van der Waals surface area (Å²) in [6, 6.07) is 6.47. The quantitative estimate of drug-likeness (QED) is 0.185. The number of oxime groups is 1. The predicted octanol–water partition coefficient (Wildman–Crippen LogP) is 3.07. The van der Waals surface area contributed by atoms with Crippen molar-refractivity contribution < 1.29 is 19.5 Å². The van der Waals surface area contributed by atoms with Gasteiger partial charge in [-0.1, -0.05) is 17.8 Å². The zero-order valence-electron chi connectivity index (χ0n) is 17.9. The minimum absolute atomic E-state index is 0.107. The standard InChI is InChI=1S/C21H26N6O4/c1-6-18(20(22)26-29)23-12-14(4)31-17-10-15(9-16(11-17)30-13(2)3)21(28)24-19-7-8-27(5)25-19/h6-13,29H,4H2,1-3,5H3,(H2,22,26)(H,24,25,28)/b18-6-,23-12-. The topological polar surface area (TPSA) is 136 Å². The number of allylic oxidation sites excluding steroid dienone is 2. The molecule has 0 aliphatic carbocycles. The molecule has 4 N–H and O–H groups in total. The summed E-state index contributed by atoms with van der Waals surface area (Å²) in [5, 5.41) is 18.5. The lowest BCUT2D eigenvalue weighted by molar-refractivity contribution is 0.102. The smallest absolute Gasteiger partial charge is 0.257 e. The highest BCUT2D eigenvalue weighted by Crippen LogP contribution is 2.25. The maximum absolute atomic E-state index is 12.7. The molecule has 0 spiro atoms. The van der Waals surface area contributed by atoms with E-state index in [1.54, 1.807) is 55.2 Å². The number of amidine groups is 1. The van der Waals surface area contributed by atoms with Crippen molar-refractivity contribution >= 4 is 23.8 Å². The van der Waals surface area contributed by atoms with Gasteiger partial charge in [-0.05, 0) is 32.9 Å². The van der Waals surface area contributed by atoms with E-state index < -0.39 is 0 Å². The summed E-state index contributed by atoms with van der Waals surface area (Å²) in [7, 11) is 1.75. The number of aromatic nitrogens is 2. The Morgan fingerprint density at radius 3 is 2.65 bits per heavy atom. The lowest BCUT2D eigenvalue weighted by Gasteiger charge is -2.14. The van der Waals surface area contributed by atoms with Crippen LogP contribution in [-0.4, -0.2) is 39.0 Å². The lowest BCUT2D eigenvalue weighted by Crippen LogP contribution is -2.14. The number of aryl methyl sites for hydroxylation is 1. The third-order valence-electron chi connectivity index (χ3n) is 3.71. The van der Waals surface area contributed by atoms with E-state index in [2.05, 4.69) is 27.1 Å². The first-order valence-electron chi connectivity index (χ1n) is 9.39. The number of anilines is 1. The molecule has 10 heteroatoms. The molecule has 0 fully saturated rings. The largest absolute Gasteiger partial charge is 0.491 e. The van der Waals surface area contributed by atoms with E-state index in [-0.39, 0.29) is 29.3 Å². The van der Waals surface area contributed by atoms with Crippen LogP contribution in [0.1, 0.15) is 31.1 Å². The Kier molecular flexibility index (Phi) is 7.95. The van der Waals surface area contributed by atoms with E-state index in [1.807, 2.05) is 13.8 Å². The predicted molar refractivity (Wildman–Crippen MR) is 119 cm³/mol. The molecule has 1 heterocycles.